The summed E-state index contributed by atoms with van der Waals surface area (Å²) < 4.78 is 34.5. The van der Waals surface area contributed by atoms with Crippen LogP contribution in [0.1, 0.15) is 13.3 Å². The molecule has 7 nitrogen and oxygen atoms in total. The van der Waals surface area contributed by atoms with Crippen LogP contribution in [0.3, 0.4) is 0 Å². The van der Waals surface area contributed by atoms with E-state index in [4.69, 9.17) is 4.74 Å². The monoisotopic (exact) mass is 512 g/mol. The van der Waals surface area contributed by atoms with Crippen LogP contribution in [-0.4, -0.2) is 58.4 Å². The summed E-state index contributed by atoms with van der Waals surface area (Å²) in [5.41, 5.74) is 0.643. The summed E-state index contributed by atoms with van der Waals surface area (Å²) in [4.78, 5) is 17.6. The summed E-state index contributed by atoms with van der Waals surface area (Å²) in [5, 5.41) is 6.39. The Kier molecular flexibility index (Phi) is 10.3. The molecule has 0 saturated carbocycles. The third-order valence-electron chi connectivity index (χ3n) is 4.35. The number of esters is 1. The summed E-state index contributed by atoms with van der Waals surface area (Å²) in [5.74, 6) is 0.157. The highest BCUT2D eigenvalue weighted by atomic mass is 127. The lowest BCUT2D eigenvalue weighted by atomic mass is 10.2. The number of ether oxygens (including phenoxy) is 2. The van der Waals surface area contributed by atoms with Crippen molar-refractivity contribution in [1.82, 2.24) is 10.6 Å². The van der Waals surface area contributed by atoms with Gasteiger partial charge in [-0.05, 0) is 18.6 Å². The number of aliphatic imine (C=N–C) groups is 1. The number of carbonyl (C=O) groups excluding carboxylic acids is 1. The topological polar surface area (TPSA) is 75.2 Å². The molecular formula is C18H27F2IN4O3. The lowest BCUT2D eigenvalue weighted by molar-refractivity contribution is -0.144. The minimum atomic E-state index is -2.86. The Labute approximate surface area is 180 Å². The summed E-state index contributed by atoms with van der Waals surface area (Å²) in [6, 6.07) is 6.86. The molecule has 2 unspecified atom stereocenters. The van der Waals surface area contributed by atoms with Gasteiger partial charge in [0.05, 0.1) is 18.7 Å². The number of nitrogens with one attached hydrogen (secondary N) is 2. The number of hydrogen-bond donors (Lipinski definition) is 2. The van der Waals surface area contributed by atoms with Gasteiger partial charge in [-0.3, -0.25) is 9.79 Å². The first-order chi connectivity index (χ1) is 12.9. The lowest BCUT2D eigenvalue weighted by Crippen LogP contribution is -2.46. The van der Waals surface area contributed by atoms with Gasteiger partial charge >= 0.3 is 12.6 Å². The molecule has 158 valence electrons. The van der Waals surface area contributed by atoms with Crippen molar-refractivity contribution in [2.75, 3.05) is 38.7 Å². The van der Waals surface area contributed by atoms with Gasteiger partial charge in [0.25, 0.3) is 0 Å². The number of methoxy groups -OCH3 is 1. The Morgan fingerprint density at radius 2 is 2.11 bits per heavy atom. The zero-order valence-electron chi connectivity index (χ0n) is 16.2. The van der Waals surface area contributed by atoms with Crippen LogP contribution in [0.5, 0.6) is 5.75 Å². The number of benzene rings is 1. The molecule has 0 bridgehead atoms. The molecule has 1 aliphatic rings. The number of nitrogens with zero attached hydrogens (tertiary/aromatic N) is 2. The second kappa shape index (κ2) is 11.9. The third kappa shape index (κ3) is 6.95. The number of carbonyl (C=O) groups is 1. The maximum absolute atomic E-state index is 12.6. The maximum atomic E-state index is 12.6. The number of alkyl halides is 2. The molecule has 1 saturated heterocycles. The van der Waals surface area contributed by atoms with Crippen LogP contribution in [0.25, 0.3) is 0 Å². The van der Waals surface area contributed by atoms with Crippen molar-refractivity contribution in [2.24, 2.45) is 10.9 Å². The van der Waals surface area contributed by atoms with E-state index in [1.807, 2.05) is 4.90 Å². The third-order valence-corrected chi connectivity index (χ3v) is 4.35. The molecule has 1 aliphatic heterocycles. The van der Waals surface area contributed by atoms with Crippen molar-refractivity contribution in [3.05, 3.63) is 24.3 Å². The first kappa shape index (κ1) is 24.2. The highest BCUT2D eigenvalue weighted by molar-refractivity contribution is 14.0. The van der Waals surface area contributed by atoms with Crippen molar-refractivity contribution >= 4 is 41.6 Å². The summed E-state index contributed by atoms with van der Waals surface area (Å²) in [6.45, 7) is 0.632. The molecule has 0 radical (unpaired) electrons. The first-order valence-electron chi connectivity index (χ1n) is 8.78. The Hall–Kier alpha value is -1.85. The van der Waals surface area contributed by atoms with Gasteiger partial charge in [-0.1, -0.05) is 19.1 Å². The van der Waals surface area contributed by atoms with E-state index in [0.29, 0.717) is 31.3 Å². The Morgan fingerprint density at radius 1 is 1.39 bits per heavy atom. The molecule has 1 heterocycles. The smallest absolute Gasteiger partial charge is 0.387 e. The molecule has 0 amide bonds. The predicted molar refractivity (Wildman–Crippen MR) is 115 cm³/mol. The van der Waals surface area contributed by atoms with Crippen LogP contribution < -0.4 is 20.3 Å². The average molecular weight is 512 g/mol. The number of para-hydroxylation sites is 2. The average Bonchev–Trinajstić information content (AvgIpc) is 3.12. The highest BCUT2D eigenvalue weighted by Crippen LogP contribution is 2.31. The fraction of sp³-hybridized carbons (Fsp3) is 0.556. The van der Waals surface area contributed by atoms with E-state index in [9.17, 15) is 13.6 Å². The molecule has 1 fully saturated rings. The molecular weight excluding hydrogens is 485 g/mol. The van der Waals surface area contributed by atoms with Crippen LogP contribution in [0, 0.1) is 5.92 Å². The zero-order valence-corrected chi connectivity index (χ0v) is 18.5. The van der Waals surface area contributed by atoms with Crippen LogP contribution in [0.15, 0.2) is 29.3 Å². The minimum absolute atomic E-state index is 0. The summed E-state index contributed by atoms with van der Waals surface area (Å²) in [6.07, 6.45) is 0.816. The standard InChI is InChI=1S/C18H26F2N4O3.HI/c1-12(16(25)26-3)10-22-18(21-2)23-13-8-9-24(11-13)14-6-4-5-7-15(14)27-17(19)20;/h4-7,12-13,17H,8-11H2,1-3H3,(H2,21,22,23);1H. The molecule has 1 aromatic carbocycles. The zero-order chi connectivity index (χ0) is 19.8. The second-order valence-electron chi connectivity index (χ2n) is 6.30. The molecule has 2 N–H and O–H groups in total. The minimum Gasteiger partial charge on any atom is -0.469 e. The van der Waals surface area contributed by atoms with Crippen molar-refractivity contribution in [2.45, 2.75) is 26.0 Å². The highest BCUT2D eigenvalue weighted by Gasteiger charge is 2.26. The van der Waals surface area contributed by atoms with E-state index in [1.54, 1.807) is 32.2 Å². The quantitative estimate of drug-likeness (QED) is 0.253. The van der Waals surface area contributed by atoms with E-state index >= 15 is 0 Å². The van der Waals surface area contributed by atoms with Crippen molar-refractivity contribution in [1.29, 1.82) is 0 Å². The number of hydrogen-bond acceptors (Lipinski definition) is 5. The van der Waals surface area contributed by atoms with Crippen LogP contribution >= 0.6 is 24.0 Å². The molecule has 28 heavy (non-hydrogen) atoms. The van der Waals surface area contributed by atoms with Gasteiger partial charge in [0.1, 0.15) is 5.75 Å². The summed E-state index contributed by atoms with van der Waals surface area (Å²) in [7, 11) is 3.01. The van der Waals surface area contributed by atoms with E-state index in [0.717, 1.165) is 6.42 Å². The molecule has 0 aliphatic carbocycles. The Balaban J connectivity index is 0.00000392. The Bertz CT molecular complexity index is 663. The predicted octanol–water partition coefficient (Wildman–Crippen LogP) is 2.46. The second-order valence-corrected chi connectivity index (χ2v) is 6.30. The molecule has 10 heteroatoms. The normalized spacial score (nSPS) is 17.7. The van der Waals surface area contributed by atoms with Crippen molar-refractivity contribution in [3.63, 3.8) is 0 Å². The molecule has 0 aromatic heterocycles. The van der Waals surface area contributed by atoms with Gasteiger partial charge in [0.15, 0.2) is 5.96 Å². The Morgan fingerprint density at radius 3 is 2.75 bits per heavy atom. The van der Waals surface area contributed by atoms with Crippen LogP contribution in [0.2, 0.25) is 0 Å². The number of halogens is 3. The van der Waals surface area contributed by atoms with Gasteiger partial charge in [-0.25, -0.2) is 0 Å². The fourth-order valence-electron chi connectivity index (χ4n) is 2.93. The van der Waals surface area contributed by atoms with E-state index < -0.39 is 6.61 Å². The van der Waals surface area contributed by atoms with Crippen molar-refractivity contribution in [3.8, 4) is 5.75 Å². The lowest BCUT2D eigenvalue weighted by Gasteiger charge is -2.23. The number of anilines is 1. The van der Waals surface area contributed by atoms with Gasteiger partial charge in [-0.15, -0.1) is 24.0 Å². The van der Waals surface area contributed by atoms with Crippen LogP contribution in [0.4, 0.5) is 14.5 Å². The maximum Gasteiger partial charge on any atom is 0.387 e. The van der Waals surface area contributed by atoms with Crippen LogP contribution in [-0.2, 0) is 9.53 Å². The number of guanidine groups is 1. The summed E-state index contributed by atoms with van der Waals surface area (Å²) >= 11 is 0. The van der Waals surface area contributed by atoms with Gasteiger partial charge < -0.3 is 25.0 Å². The van der Waals surface area contributed by atoms with Crippen molar-refractivity contribution < 1.29 is 23.0 Å². The van der Waals surface area contributed by atoms with Gasteiger partial charge in [0, 0.05) is 32.7 Å². The first-order valence-corrected chi connectivity index (χ1v) is 8.78. The number of rotatable bonds is 7. The molecule has 2 rings (SSSR count). The van der Waals surface area contributed by atoms with Gasteiger partial charge in [-0.2, -0.15) is 8.78 Å². The molecule has 0 spiro atoms. The molecule has 2 atom stereocenters. The van der Waals surface area contributed by atoms with E-state index in [2.05, 4.69) is 20.4 Å². The largest absolute Gasteiger partial charge is 0.469 e. The van der Waals surface area contributed by atoms with E-state index in [-0.39, 0.29) is 47.7 Å². The molecule has 1 aromatic rings. The van der Waals surface area contributed by atoms with Gasteiger partial charge in [0.2, 0.25) is 0 Å². The van der Waals surface area contributed by atoms with E-state index in [1.165, 1.54) is 13.2 Å². The fourth-order valence-corrected chi connectivity index (χ4v) is 2.93. The SMILES string of the molecule is CN=C(NCC(C)C(=O)OC)NC1CCN(c2ccccc2OC(F)F)C1.I.